The standard InChI is InChI=1S/C24H28N2O5S/c1-17-12-18(2)15-25(14-17)23(27)16-31-24(28)20-7-5-8-21(13-20)32(29,30)26-11-10-19-6-3-4-9-22(19)26/h3-9,13,17-18H,10-12,14-16H2,1-2H3/t17-,18-/m1/s1. The molecule has 2 aromatic carbocycles. The highest BCUT2D eigenvalue weighted by Crippen LogP contribution is 2.32. The van der Waals surface area contributed by atoms with Crippen LogP contribution in [0.5, 0.6) is 0 Å². The van der Waals surface area contributed by atoms with Gasteiger partial charge in [-0.25, -0.2) is 13.2 Å². The molecule has 32 heavy (non-hydrogen) atoms. The molecule has 1 fully saturated rings. The van der Waals surface area contributed by atoms with Gasteiger partial charge in [-0.1, -0.05) is 38.1 Å². The van der Waals surface area contributed by atoms with E-state index in [1.54, 1.807) is 17.0 Å². The second kappa shape index (κ2) is 8.94. The van der Waals surface area contributed by atoms with Gasteiger partial charge in [0, 0.05) is 19.6 Å². The molecule has 0 unspecified atom stereocenters. The molecule has 1 saturated heterocycles. The normalized spacial score (nSPS) is 20.7. The summed E-state index contributed by atoms with van der Waals surface area (Å²) in [5.41, 5.74) is 1.74. The highest BCUT2D eigenvalue weighted by molar-refractivity contribution is 7.92. The molecule has 0 spiro atoms. The molecule has 2 aromatic rings. The van der Waals surface area contributed by atoms with E-state index < -0.39 is 16.0 Å². The van der Waals surface area contributed by atoms with E-state index in [-0.39, 0.29) is 23.0 Å². The SMILES string of the molecule is C[C@@H]1C[C@@H](C)CN(C(=O)COC(=O)c2cccc(S(=O)(=O)N3CCc4ccccc43)c2)C1. The number of hydrogen-bond acceptors (Lipinski definition) is 5. The lowest BCUT2D eigenvalue weighted by molar-refractivity contribution is -0.137. The summed E-state index contributed by atoms with van der Waals surface area (Å²) in [6.45, 7) is 5.53. The van der Waals surface area contributed by atoms with Gasteiger partial charge in [0.15, 0.2) is 6.61 Å². The highest BCUT2D eigenvalue weighted by Gasteiger charge is 2.31. The zero-order valence-corrected chi connectivity index (χ0v) is 19.2. The van der Waals surface area contributed by atoms with Crippen LogP contribution in [0.3, 0.4) is 0 Å². The van der Waals surface area contributed by atoms with Crippen molar-refractivity contribution in [3.8, 4) is 0 Å². The molecule has 1 amide bonds. The predicted molar refractivity (Wildman–Crippen MR) is 121 cm³/mol. The second-order valence-electron chi connectivity index (χ2n) is 8.80. The Morgan fingerprint density at radius 2 is 1.75 bits per heavy atom. The molecule has 2 atom stereocenters. The Labute approximate surface area is 189 Å². The third-order valence-corrected chi connectivity index (χ3v) is 7.86. The highest BCUT2D eigenvalue weighted by atomic mass is 32.2. The number of nitrogens with zero attached hydrogens (tertiary/aromatic N) is 2. The molecule has 0 N–H and O–H groups in total. The molecule has 4 rings (SSSR count). The van der Waals surface area contributed by atoms with E-state index in [1.807, 2.05) is 12.1 Å². The zero-order chi connectivity index (χ0) is 22.9. The van der Waals surface area contributed by atoms with Crippen molar-refractivity contribution < 1.29 is 22.7 Å². The van der Waals surface area contributed by atoms with Crippen LogP contribution in [0.15, 0.2) is 53.4 Å². The van der Waals surface area contributed by atoms with Crippen molar-refractivity contribution in [2.45, 2.75) is 31.6 Å². The van der Waals surface area contributed by atoms with Crippen LogP contribution in [0.4, 0.5) is 5.69 Å². The third kappa shape index (κ3) is 4.50. The minimum Gasteiger partial charge on any atom is -0.452 e. The molecule has 0 bridgehead atoms. The van der Waals surface area contributed by atoms with Crippen LogP contribution in [0.25, 0.3) is 0 Å². The van der Waals surface area contributed by atoms with Crippen LogP contribution in [0, 0.1) is 11.8 Å². The van der Waals surface area contributed by atoms with Gasteiger partial charge in [-0.15, -0.1) is 0 Å². The maximum atomic E-state index is 13.2. The van der Waals surface area contributed by atoms with Gasteiger partial charge < -0.3 is 9.64 Å². The summed E-state index contributed by atoms with van der Waals surface area (Å²) in [6, 6.07) is 13.2. The van der Waals surface area contributed by atoms with Crippen molar-refractivity contribution in [2.75, 3.05) is 30.5 Å². The largest absolute Gasteiger partial charge is 0.452 e. The number of likely N-dealkylation sites (tertiary alicyclic amines) is 1. The molecule has 0 radical (unpaired) electrons. The first-order chi connectivity index (χ1) is 15.3. The number of piperidine rings is 1. The number of amides is 1. The van der Waals surface area contributed by atoms with E-state index in [2.05, 4.69) is 13.8 Å². The van der Waals surface area contributed by atoms with Crippen molar-refractivity contribution >= 4 is 27.6 Å². The third-order valence-electron chi connectivity index (χ3n) is 6.05. The summed E-state index contributed by atoms with van der Waals surface area (Å²) in [5.74, 6) is -0.114. The lowest BCUT2D eigenvalue weighted by Crippen LogP contribution is -2.44. The van der Waals surface area contributed by atoms with Crippen molar-refractivity contribution in [3.05, 3.63) is 59.7 Å². The van der Waals surface area contributed by atoms with Gasteiger partial charge >= 0.3 is 5.97 Å². The maximum absolute atomic E-state index is 13.2. The van der Waals surface area contributed by atoms with Crippen LogP contribution in [-0.2, 0) is 26.0 Å². The smallest absolute Gasteiger partial charge is 0.338 e. The quantitative estimate of drug-likeness (QED) is 0.646. The van der Waals surface area contributed by atoms with Crippen LogP contribution < -0.4 is 4.31 Å². The van der Waals surface area contributed by atoms with E-state index in [1.165, 1.54) is 28.6 Å². The summed E-state index contributed by atoms with van der Waals surface area (Å²) >= 11 is 0. The van der Waals surface area contributed by atoms with Crippen molar-refractivity contribution in [1.29, 1.82) is 0 Å². The molecule has 2 aliphatic rings. The van der Waals surface area contributed by atoms with Crippen molar-refractivity contribution in [1.82, 2.24) is 4.90 Å². The van der Waals surface area contributed by atoms with E-state index in [4.69, 9.17) is 4.74 Å². The number of rotatable bonds is 5. The summed E-state index contributed by atoms with van der Waals surface area (Å²) in [4.78, 5) is 26.8. The van der Waals surface area contributed by atoms with Crippen LogP contribution >= 0.6 is 0 Å². The van der Waals surface area contributed by atoms with Gasteiger partial charge in [0.2, 0.25) is 0 Å². The van der Waals surface area contributed by atoms with Gasteiger partial charge in [-0.05, 0) is 54.5 Å². The van der Waals surface area contributed by atoms with E-state index in [9.17, 15) is 18.0 Å². The van der Waals surface area contributed by atoms with Gasteiger partial charge in [0.25, 0.3) is 15.9 Å². The van der Waals surface area contributed by atoms with Crippen molar-refractivity contribution in [3.63, 3.8) is 0 Å². The lowest BCUT2D eigenvalue weighted by atomic mass is 9.92. The molecule has 2 heterocycles. The lowest BCUT2D eigenvalue weighted by Gasteiger charge is -2.34. The fourth-order valence-electron chi connectivity index (χ4n) is 4.64. The minimum atomic E-state index is -3.82. The summed E-state index contributed by atoms with van der Waals surface area (Å²) < 4.78 is 33.0. The number of anilines is 1. The number of fused-ring (bicyclic) bond motifs is 1. The Balaban J connectivity index is 1.45. The molecular weight excluding hydrogens is 428 g/mol. The Kier molecular flexibility index (Phi) is 6.24. The maximum Gasteiger partial charge on any atom is 0.338 e. The fraction of sp³-hybridized carbons (Fsp3) is 0.417. The van der Waals surface area contributed by atoms with E-state index >= 15 is 0 Å². The number of para-hydroxylation sites is 1. The fourth-order valence-corrected chi connectivity index (χ4v) is 6.19. The topological polar surface area (TPSA) is 84.0 Å². The minimum absolute atomic E-state index is 0.0219. The van der Waals surface area contributed by atoms with Gasteiger partial charge in [0.1, 0.15) is 0 Å². The van der Waals surface area contributed by atoms with Gasteiger partial charge in [-0.3, -0.25) is 9.10 Å². The molecule has 0 saturated carbocycles. The average molecular weight is 457 g/mol. The number of ether oxygens (including phenoxy) is 1. The summed E-state index contributed by atoms with van der Waals surface area (Å²) in [5, 5.41) is 0. The molecular formula is C24H28N2O5S. The zero-order valence-electron chi connectivity index (χ0n) is 18.4. The predicted octanol–water partition coefficient (Wildman–Crippen LogP) is 3.10. The number of sulfonamides is 1. The number of esters is 1. The molecule has 7 nitrogen and oxygen atoms in total. The summed E-state index contributed by atoms with van der Waals surface area (Å²) in [7, 11) is -3.82. The number of hydrogen-bond donors (Lipinski definition) is 0. The molecule has 8 heteroatoms. The monoisotopic (exact) mass is 456 g/mol. The molecule has 0 aliphatic carbocycles. The first-order valence-electron chi connectivity index (χ1n) is 10.9. The van der Waals surface area contributed by atoms with Gasteiger partial charge in [0.05, 0.1) is 16.1 Å². The van der Waals surface area contributed by atoms with E-state index in [0.29, 0.717) is 43.6 Å². The van der Waals surface area contributed by atoms with Crippen LogP contribution in [0.1, 0.15) is 36.2 Å². The second-order valence-corrected chi connectivity index (χ2v) is 10.7. The average Bonchev–Trinajstić information content (AvgIpc) is 3.21. The Morgan fingerprint density at radius 1 is 1.03 bits per heavy atom. The Hall–Kier alpha value is -2.87. The number of carbonyl (C=O) groups is 2. The Morgan fingerprint density at radius 3 is 2.50 bits per heavy atom. The van der Waals surface area contributed by atoms with Gasteiger partial charge in [-0.2, -0.15) is 0 Å². The number of benzene rings is 2. The van der Waals surface area contributed by atoms with Crippen LogP contribution in [-0.4, -0.2) is 51.4 Å². The van der Waals surface area contributed by atoms with Crippen LogP contribution in [0.2, 0.25) is 0 Å². The Bertz CT molecular complexity index is 1120. The molecule has 0 aromatic heterocycles. The molecule has 170 valence electrons. The number of carbonyl (C=O) groups excluding carboxylic acids is 2. The van der Waals surface area contributed by atoms with Crippen molar-refractivity contribution in [2.24, 2.45) is 11.8 Å². The first kappa shape index (κ1) is 22.3. The van der Waals surface area contributed by atoms with E-state index in [0.717, 1.165) is 12.0 Å². The molecule has 2 aliphatic heterocycles. The first-order valence-corrected chi connectivity index (χ1v) is 12.4. The summed E-state index contributed by atoms with van der Waals surface area (Å²) in [6.07, 6.45) is 1.72.